The van der Waals surface area contributed by atoms with Crippen LogP contribution in [0.25, 0.3) is 0 Å². The Morgan fingerprint density at radius 3 is 2.55 bits per heavy atom. The van der Waals surface area contributed by atoms with Crippen LogP contribution in [0, 0.1) is 17.8 Å². The van der Waals surface area contributed by atoms with Crippen molar-refractivity contribution in [1.82, 2.24) is 15.1 Å². The van der Waals surface area contributed by atoms with E-state index in [1.807, 2.05) is 4.90 Å². The van der Waals surface area contributed by atoms with E-state index in [1.165, 1.54) is 32.4 Å². The van der Waals surface area contributed by atoms with Gasteiger partial charge in [-0.25, -0.2) is 4.79 Å². The maximum absolute atomic E-state index is 12.4. The summed E-state index contributed by atoms with van der Waals surface area (Å²) in [6.45, 7) is 14.2. The molecule has 0 bridgehead atoms. The molecule has 4 atom stereocenters. The summed E-state index contributed by atoms with van der Waals surface area (Å²) in [6, 6.07) is 0.371. The molecule has 4 heteroatoms. The first-order valence-electron chi connectivity index (χ1n) is 9.25. The molecular formula is C18H35N3O. The van der Waals surface area contributed by atoms with Crippen LogP contribution in [0.4, 0.5) is 4.79 Å². The van der Waals surface area contributed by atoms with Crippen molar-refractivity contribution in [2.45, 2.75) is 59.4 Å². The van der Waals surface area contributed by atoms with Gasteiger partial charge in [-0.1, -0.05) is 27.2 Å². The van der Waals surface area contributed by atoms with E-state index in [0.717, 1.165) is 37.9 Å². The van der Waals surface area contributed by atoms with Crippen LogP contribution < -0.4 is 5.32 Å². The van der Waals surface area contributed by atoms with E-state index in [0.29, 0.717) is 5.92 Å². The van der Waals surface area contributed by atoms with Crippen molar-refractivity contribution in [1.29, 1.82) is 0 Å². The number of carbonyl (C=O) groups excluding carboxylic acids is 1. The number of hydrogen-bond acceptors (Lipinski definition) is 2. The summed E-state index contributed by atoms with van der Waals surface area (Å²) in [6.07, 6.45) is 4.95. The van der Waals surface area contributed by atoms with E-state index in [1.54, 1.807) is 0 Å². The predicted molar refractivity (Wildman–Crippen MR) is 92.0 cm³/mol. The molecule has 0 spiro atoms. The standard InChI is InChI=1S/C18H35N3O/c1-5-17-7-6-8-21(13-17)18(22)19-16(4)12-20-10-14(2)9-15(3)11-20/h14-17H,5-13H2,1-4H3,(H,19,22)/t14-,15-,16+,17+/m0/s1. The molecule has 128 valence electrons. The molecule has 2 aliphatic rings. The highest BCUT2D eigenvalue weighted by Gasteiger charge is 2.26. The molecule has 0 aromatic carbocycles. The molecule has 22 heavy (non-hydrogen) atoms. The number of carbonyl (C=O) groups is 1. The fourth-order valence-corrected chi connectivity index (χ4v) is 4.26. The number of likely N-dealkylation sites (tertiary alicyclic amines) is 2. The maximum Gasteiger partial charge on any atom is 0.317 e. The fraction of sp³-hybridized carbons (Fsp3) is 0.944. The molecule has 0 saturated carbocycles. The zero-order valence-electron chi connectivity index (χ0n) is 15.0. The number of piperidine rings is 2. The van der Waals surface area contributed by atoms with Crippen molar-refractivity contribution in [3.8, 4) is 0 Å². The minimum atomic E-state index is 0.142. The third-order valence-electron chi connectivity index (χ3n) is 5.23. The average molecular weight is 309 g/mol. The van der Waals surface area contributed by atoms with Gasteiger partial charge in [-0.2, -0.15) is 0 Å². The first kappa shape index (κ1) is 17.6. The molecule has 0 aromatic heterocycles. The Kier molecular flexibility index (Phi) is 6.54. The monoisotopic (exact) mass is 309 g/mol. The number of nitrogens with zero attached hydrogens (tertiary/aromatic N) is 2. The Bertz CT molecular complexity index is 350. The van der Waals surface area contributed by atoms with Gasteiger partial charge in [0.05, 0.1) is 0 Å². The minimum Gasteiger partial charge on any atom is -0.334 e. The van der Waals surface area contributed by atoms with Gasteiger partial charge >= 0.3 is 6.03 Å². The van der Waals surface area contributed by atoms with Gasteiger partial charge < -0.3 is 15.1 Å². The Labute approximate surface area is 136 Å². The van der Waals surface area contributed by atoms with Gasteiger partial charge in [0, 0.05) is 38.8 Å². The van der Waals surface area contributed by atoms with Crippen LogP contribution in [0.5, 0.6) is 0 Å². The summed E-state index contributed by atoms with van der Waals surface area (Å²) in [7, 11) is 0. The van der Waals surface area contributed by atoms with E-state index in [9.17, 15) is 4.79 Å². The fourth-order valence-electron chi connectivity index (χ4n) is 4.26. The average Bonchev–Trinajstić information content (AvgIpc) is 2.46. The summed E-state index contributed by atoms with van der Waals surface area (Å²) >= 11 is 0. The van der Waals surface area contributed by atoms with Crippen LogP contribution in [0.1, 0.15) is 53.4 Å². The third-order valence-corrected chi connectivity index (χ3v) is 5.23. The lowest BCUT2D eigenvalue weighted by Gasteiger charge is -2.37. The van der Waals surface area contributed by atoms with E-state index in [4.69, 9.17) is 0 Å². The maximum atomic E-state index is 12.4. The van der Waals surface area contributed by atoms with Crippen LogP contribution in [-0.4, -0.2) is 54.6 Å². The van der Waals surface area contributed by atoms with Crippen LogP contribution in [0.15, 0.2) is 0 Å². The molecule has 0 aliphatic carbocycles. The largest absolute Gasteiger partial charge is 0.334 e. The molecule has 2 aliphatic heterocycles. The second kappa shape index (κ2) is 8.19. The van der Waals surface area contributed by atoms with Crippen molar-refractivity contribution >= 4 is 6.03 Å². The summed E-state index contributed by atoms with van der Waals surface area (Å²) in [5, 5.41) is 3.22. The summed E-state index contributed by atoms with van der Waals surface area (Å²) in [4.78, 5) is 17.0. The molecule has 0 unspecified atom stereocenters. The third kappa shape index (κ3) is 5.15. The highest BCUT2D eigenvalue weighted by Crippen LogP contribution is 2.21. The second-order valence-electron chi connectivity index (χ2n) is 7.88. The normalized spacial score (nSPS) is 31.8. The Balaban J connectivity index is 1.76. The first-order valence-corrected chi connectivity index (χ1v) is 9.25. The zero-order valence-corrected chi connectivity index (χ0v) is 15.0. The lowest BCUT2D eigenvalue weighted by Crippen LogP contribution is -2.52. The van der Waals surface area contributed by atoms with E-state index in [-0.39, 0.29) is 12.1 Å². The van der Waals surface area contributed by atoms with Crippen molar-refractivity contribution in [2.75, 3.05) is 32.7 Å². The lowest BCUT2D eigenvalue weighted by atomic mass is 9.92. The smallest absolute Gasteiger partial charge is 0.317 e. The van der Waals surface area contributed by atoms with E-state index < -0.39 is 0 Å². The first-order chi connectivity index (χ1) is 10.5. The molecule has 2 fully saturated rings. The number of amides is 2. The molecular weight excluding hydrogens is 274 g/mol. The topological polar surface area (TPSA) is 35.6 Å². The molecule has 1 N–H and O–H groups in total. The molecule has 4 nitrogen and oxygen atoms in total. The summed E-state index contributed by atoms with van der Waals surface area (Å²) in [5.74, 6) is 2.25. The molecule has 2 saturated heterocycles. The van der Waals surface area contributed by atoms with Gasteiger partial charge in [-0.15, -0.1) is 0 Å². The van der Waals surface area contributed by atoms with Gasteiger partial charge in [0.15, 0.2) is 0 Å². The van der Waals surface area contributed by atoms with E-state index in [2.05, 4.69) is 37.9 Å². The van der Waals surface area contributed by atoms with E-state index >= 15 is 0 Å². The summed E-state index contributed by atoms with van der Waals surface area (Å²) in [5.41, 5.74) is 0. The Hall–Kier alpha value is -0.770. The predicted octanol–water partition coefficient (Wildman–Crippen LogP) is 3.18. The SMILES string of the molecule is CC[C@@H]1CCCN(C(=O)N[C@H](C)CN2C[C@@H](C)C[C@H](C)C2)C1. The van der Waals surface area contributed by atoms with Crippen molar-refractivity contribution in [3.63, 3.8) is 0 Å². The molecule has 2 heterocycles. The van der Waals surface area contributed by atoms with Crippen molar-refractivity contribution in [2.24, 2.45) is 17.8 Å². The molecule has 0 radical (unpaired) electrons. The van der Waals surface area contributed by atoms with Crippen molar-refractivity contribution < 1.29 is 4.79 Å². The van der Waals surface area contributed by atoms with Gasteiger partial charge in [-0.3, -0.25) is 0 Å². The van der Waals surface area contributed by atoms with Crippen molar-refractivity contribution in [3.05, 3.63) is 0 Å². The highest BCUT2D eigenvalue weighted by atomic mass is 16.2. The van der Waals surface area contributed by atoms with Crippen LogP contribution >= 0.6 is 0 Å². The Morgan fingerprint density at radius 1 is 1.23 bits per heavy atom. The number of rotatable bonds is 4. The summed E-state index contributed by atoms with van der Waals surface area (Å²) < 4.78 is 0. The Morgan fingerprint density at radius 2 is 1.91 bits per heavy atom. The van der Waals surface area contributed by atoms with Crippen LogP contribution in [-0.2, 0) is 0 Å². The highest BCUT2D eigenvalue weighted by molar-refractivity contribution is 5.74. The molecule has 0 aromatic rings. The number of urea groups is 1. The second-order valence-corrected chi connectivity index (χ2v) is 7.88. The number of nitrogens with one attached hydrogen (secondary N) is 1. The van der Waals surface area contributed by atoms with Gasteiger partial charge in [0.1, 0.15) is 0 Å². The number of hydrogen-bond donors (Lipinski definition) is 1. The van der Waals surface area contributed by atoms with Gasteiger partial charge in [-0.05, 0) is 43.9 Å². The molecule has 2 rings (SSSR count). The lowest BCUT2D eigenvalue weighted by molar-refractivity contribution is 0.126. The zero-order chi connectivity index (χ0) is 16.1. The van der Waals surface area contributed by atoms with Crippen LogP contribution in [0.3, 0.4) is 0 Å². The van der Waals surface area contributed by atoms with Crippen LogP contribution in [0.2, 0.25) is 0 Å². The van der Waals surface area contributed by atoms with Gasteiger partial charge in [0.25, 0.3) is 0 Å². The minimum absolute atomic E-state index is 0.142. The van der Waals surface area contributed by atoms with Gasteiger partial charge in [0.2, 0.25) is 0 Å². The molecule has 2 amide bonds. The quantitative estimate of drug-likeness (QED) is 0.865.